The van der Waals surface area contributed by atoms with Crippen molar-refractivity contribution in [2.75, 3.05) is 19.6 Å². The van der Waals surface area contributed by atoms with Gasteiger partial charge in [0.15, 0.2) is 0 Å². The first-order valence-electron chi connectivity index (χ1n) is 5.04. The van der Waals surface area contributed by atoms with Crippen LogP contribution in [0.4, 0.5) is 0 Å². The Morgan fingerprint density at radius 2 is 2.40 bits per heavy atom. The van der Waals surface area contributed by atoms with Crippen LogP contribution in [0.15, 0.2) is 5.38 Å². The number of nitrogens with one attached hydrogen (secondary N) is 1. The highest BCUT2D eigenvalue weighted by Gasteiger charge is 2.17. The molecule has 2 nitrogen and oxygen atoms in total. The normalized spacial score (nSPS) is 23.3. The van der Waals surface area contributed by atoms with Gasteiger partial charge in [-0.3, -0.25) is 4.90 Å². The molecule has 1 fully saturated rings. The van der Waals surface area contributed by atoms with E-state index < -0.39 is 0 Å². The second kappa shape index (κ2) is 5.02. The molecule has 1 aromatic heterocycles. The van der Waals surface area contributed by atoms with Gasteiger partial charge in [-0.25, -0.2) is 0 Å². The molecule has 0 radical (unpaired) electrons. The summed E-state index contributed by atoms with van der Waals surface area (Å²) in [5.74, 6) is 0. The summed E-state index contributed by atoms with van der Waals surface area (Å²) in [5.41, 5.74) is 1.15. The van der Waals surface area contributed by atoms with Crippen LogP contribution in [0.25, 0.3) is 0 Å². The number of nitrogens with zero attached hydrogens (tertiary/aromatic N) is 1. The van der Waals surface area contributed by atoms with Crippen molar-refractivity contribution in [3.8, 4) is 0 Å². The maximum absolute atomic E-state index is 6.10. The number of thiophene rings is 1. The Morgan fingerprint density at radius 3 is 3.00 bits per heavy atom. The van der Waals surface area contributed by atoms with E-state index in [4.69, 9.17) is 23.2 Å². The fraction of sp³-hybridized carbons (Fsp3) is 0.600. The molecular formula is C10H14Cl2N2S. The molecule has 1 saturated heterocycles. The number of hydrogen-bond donors (Lipinski definition) is 1. The predicted octanol–water partition coefficient (Wildman–Crippen LogP) is 2.85. The molecule has 0 amide bonds. The molecular weight excluding hydrogens is 251 g/mol. The Hall–Kier alpha value is 0.200. The SMILES string of the molecule is CC1CN(Cc2csc(Cl)c2Cl)CCN1. The monoisotopic (exact) mass is 264 g/mol. The van der Waals surface area contributed by atoms with Crippen LogP contribution < -0.4 is 5.32 Å². The highest BCUT2D eigenvalue weighted by atomic mass is 35.5. The summed E-state index contributed by atoms with van der Waals surface area (Å²) in [7, 11) is 0. The number of halogens is 2. The minimum absolute atomic E-state index is 0.562. The minimum atomic E-state index is 0.562. The van der Waals surface area contributed by atoms with Crippen LogP contribution in [0.2, 0.25) is 9.36 Å². The zero-order valence-electron chi connectivity index (χ0n) is 8.59. The Morgan fingerprint density at radius 1 is 1.60 bits per heavy atom. The number of hydrogen-bond acceptors (Lipinski definition) is 3. The van der Waals surface area contributed by atoms with Gasteiger partial charge >= 0.3 is 0 Å². The van der Waals surface area contributed by atoms with Crippen molar-refractivity contribution in [3.05, 3.63) is 20.3 Å². The van der Waals surface area contributed by atoms with Crippen molar-refractivity contribution in [1.82, 2.24) is 10.2 Å². The summed E-state index contributed by atoms with van der Waals surface area (Å²) in [4.78, 5) is 2.41. The summed E-state index contributed by atoms with van der Waals surface area (Å²) >= 11 is 13.5. The summed E-state index contributed by atoms with van der Waals surface area (Å²) < 4.78 is 0.704. The van der Waals surface area contributed by atoms with Crippen molar-refractivity contribution in [1.29, 1.82) is 0 Å². The highest BCUT2D eigenvalue weighted by molar-refractivity contribution is 7.15. The van der Waals surface area contributed by atoms with E-state index in [1.165, 1.54) is 11.3 Å². The molecule has 2 heterocycles. The standard InChI is InChI=1S/C10H14Cl2N2S/c1-7-4-14(3-2-13-7)5-8-6-15-10(12)9(8)11/h6-7,13H,2-5H2,1H3. The molecule has 0 aromatic carbocycles. The van der Waals surface area contributed by atoms with Crippen molar-refractivity contribution < 1.29 is 0 Å². The molecule has 0 saturated carbocycles. The van der Waals surface area contributed by atoms with E-state index in [1.807, 2.05) is 0 Å². The van der Waals surface area contributed by atoms with Gasteiger partial charge in [-0.1, -0.05) is 23.2 Å². The summed E-state index contributed by atoms with van der Waals surface area (Å²) in [6.45, 7) is 6.32. The Balaban J connectivity index is 1.99. The van der Waals surface area contributed by atoms with Crippen molar-refractivity contribution in [2.45, 2.75) is 19.5 Å². The minimum Gasteiger partial charge on any atom is -0.312 e. The van der Waals surface area contributed by atoms with E-state index in [9.17, 15) is 0 Å². The van der Waals surface area contributed by atoms with Gasteiger partial charge in [0.1, 0.15) is 4.34 Å². The maximum Gasteiger partial charge on any atom is 0.112 e. The summed E-state index contributed by atoms with van der Waals surface area (Å²) in [6, 6.07) is 0.562. The highest BCUT2D eigenvalue weighted by Crippen LogP contribution is 2.33. The van der Waals surface area contributed by atoms with E-state index >= 15 is 0 Å². The molecule has 15 heavy (non-hydrogen) atoms. The lowest BCUT2D eigenvalue weighted by Crippen LogP contribution is -2.48. The summed E-state index contributed by atoms with van der Waals surface area (Å²) in [6.07, 6.45) is 0. The van der Waals surface area contributed by atoms with Gasteiger partial charge in [0.2, 0.25) is 0 Å². The second-order valence-corrected chi connectivity index (χ2v) is 5.80. The average molecular weight is 265 g/mol. The average Bonchev–Trinajstić information content (AvgIpc) is 2.50. The fourth-order valence-electron chi connectivity index (χ4n) is 1.86. The Bertz CT molecular complexity index is 340. The molecule has 5 heteroatoms. The maximum atomic E-state index is 6.10. The van der Waals surface area contributed by atoms with Crippen molar-refractivity contribution >= 4 is 34.5 Å². The van der Waals surface area contributed by atoms with Crippen LogP contribution in [0.1, 0.15) is 12.5 Å². The molecule has 0 aliphatic carbocycles. The molecule has 0 bridgehead atoms. The lowest BCUT2D eigenvalue weighted by Gasteiger charge is -2.31. The third kappa shape index (κ3) is 2.86. The fourth-order valence-corrected chi connectivity index (χ4v) is 3.10. The molecule has 1 aliphatic rings. The molecule has 2 rings (SSSR count). The van der Waals surface area contributed by atoms with Crippen LogP contribution in [-0.2, 0) is 6.54 Å². The van der Waals surface area contributed by atoms with Gasteiger partial charge < -0.3 is 5.32 Å². The number of rotatable bonds is 2. The quantitative estimate of drug-likeness (QED) is 0.884. The van der Waals surface area contributed by atoms with Gasteiger partial charge in [-0.15, -0.1) is 11.3 Å². The molecule has 1 N–H and O–H groups in total. The Labute approximate surface area is 104 Å². The van der Waals surface area contributed by atoms with Gasteiger partial charge in [-0.05, 0) is 17.9 Å². The largest absolute Gasteiger partial charge is 0.312 e. The van der Waals surface area contributed by atoms with Crippen LogP contribution in [0.3, 0.4) is 0 Å². The van der Waals surface area contributed by atoms with E-state index in [0.717, 1.165) is 36.8 Å². The Kier molecular flexibility index (Phi) is 3.91. The molecule has 1 aromatic rings. The summed E-state index contributed by atoms with van der Waals surface area (Å²) in [5, 5.41) is 6.20. The van der Waals surface area contributed by atoms with Crippen molar-refractivity contribution in [3.63, 3.8) is 0 Å². The van der Waals surface area contributed by atoms with E-state index in [-0.39, 0.29) is 0 Å². The zero-order valence-corrected chi connectivity index (χ0v) is 10.9. The van der Waals surface area contributed by atoms with E-state index in [1.54, 1.807) is 0 Å². The van der Waals surface area contributed by atoms with Crippen LogP contribution >= 0.6 is 34.5 Å². The molecule has 1 unspecified atom stereocenters. The molecule has 84 valence electrons. The smallest absolute Gasteiger partial charge is 0.112 e. The molecule has 1 aliphatic heterocycles. The molecule has 1 atom stereocenters. The molecule has 0 spiro atoms. The lowest BCUT2D eigenvalue weighted by atomic mass is 10.2. The second-order valence-electron chi connectivity index (χ2n) is 3.94. The van der Waals surface area contributed by atoms with Crippen molar-refractivity contribution in [2.24, 2.45) is 0 Å². The van der Waals surface area contributed by atoms with E-state index in [2.05, 4.69) is 22.5 Å². The van der Waals surface area contributed by atoms with Gasteiger partial charge in [0.05, 0.1) is 5.02 Å². The lowest BCUT2D eigenvalue weighted by molar-refractivity contribution is 0.200. The third-order valence-electron chi connectivity index (χ3n) is 2.61. The van der Waals surface area contributed by atoms with Gasteiger partial charge in [0, 0.05) is 32.2 Å². The van der Waals surface area contributed by atoms with Crippen LogP contribution in [-0.4, -0.2) is 30.6 Å². The number of piperazine rings is 1. The van der Waals surface area contributed by atoms with Crippen LogP contribution in [0.5, 0.6) is 0 Å². The van der Waals surface area contributed by atoms with E-state index in [0.29, 0.717) is 10.4 Å². The topological polar surface area (TPSA) is 15.3 Å². The predicted molar refractivity (Wildman–Crippen MR) is 67.1 cm³/mol. The zero-order chi connectivity index (χ0) is 10.8. The first kappa shape index (κ1) is 11.7. The first-order chi connectivity index (χ1) is 7.16. The third-order valence-corrected chi connectivity index (χ3v) is 4.52. The first-order valence-corrected chi connectivity index (χ1v) is 6.67. The van der Waals surface area contributed by atoms with Gasteiger partial charge in [-0.2, -0.15) is 0 Å². The van der Waals surface area contributed by atoms with Crippen LogP contribution in [0, 0.1) is 0 Å². The van der Waals surface area contributed by atoms with Gasteiger partial charge in [0.25, 0.3) is 0 Å².